The maximum Gasteiger partial charge on any atom is 0.303 e. The molecular weight excluding hydrogens is 464 g/mol. The van der Waals surface area contributed by atoms with Gasteiger partial charge in [0.25, 0.3) is 0 Å². The predicted octanol–water partition coefficient (Wildman–Crippen LogP) is 0.746. The van der Waals surface area contributed by atoms with E-state index in [4.69, 9.17) is 23.7 Å². The minimum absolute atomic E-state index is 0.0379. The molecule has 1 fully saturated rings. The number of amides is 2. The van der Waals surface area contributed by atoms with Crippen molar-refractivity contribution in [2.75, 3.05) is 19.8 Å². The van der Waals surface area contributed by atoms with Gasteiger partial charge in [-0.2, -0.15) is 0 Å². The molecule has 0 bridgehead atoms. The van der Waals surface area contributed by atoms with Crippen molar-refractivity contribution < 1.29 is 47.7 Å². The smallest absolute Gasteiger partial charge is 0.303 e. The maximum absolute atomic E-state index is 11.9. The molecule has 2 amide bonds. The zero-order valence-electron chi connectivity index (χ0n) is 21.1. The van der Waals surface area contributed by atoms with Crippen molar-refractivity contribution in [2.24, 2.45) is 0 Å². The highest BCUT2D eigenvalue weighted by molar-refractivity contribution is 5.75. The Morgan fingerprint density at radius 3 is 2.09 bits per heavy atom. The van der Waals surface area contributed by atoms with Crippen molar-refractivity contribution in [3.8, 4) is 0 Å². The van der Waals surface area contributed by atoms with Crippen LogP contribution in [0.4, 0.5) is 0 Å². The summed E-state index contributed by atoms with van der Waals surface area (Å²) in [4.78, 5) is 58.7. The lowest BCUT2D eigenvalue weighted by atomic mass is 9.96. The molecular formula is C23H38N2O10. The van der Waals surface area contributed by atoms with Crippen LogP contribution in [0.5, 0.6) is 0 Å². The van der Waals surface area contributed by atoms with E-state index in [1.54, 1.807) is 0 Å². The van der Waals surface area contributed by atoms with Gasteiger partial charge in [0.2, 0.25) is 11.8 Å². The number of unbranched alkanes of at least 4 members (excludes halogenated alkanes) is 2. The standard InChI is InChI=1S/C23H38N2O10/c1-6-7-11-24-19(30)10-8-9-12-31-23-20(25-14(2)26)22(34-17(5)29)21(33-16(4)28)18(35-23)13-32-15(3)27/h18,20-23H,6-13H2,1-5H3,(H,24,30)(H,25,26)/t18?,20?,21-,22?,23+/m0/s1. The van der Waals surface area contributed by atoms with Crippen LogP contribution in [0.25, 0.3) is 0 Å². The molecule has 0 aliphatic carbocycles. The van der Waals surface area contributed by atoms with E-state index >= 15 is 0 Å². The monoisotopic (exact) mass is 502 g/mol. The van der Waals surface area contributed by atoms with Gasteiger partial charge in [-0.15, -0.1) is 0 Å². The second-order valence-electron chi connectivity index (χ2n) is 8.25. The van der Waals surface area contributed by atoms with E-state index < -0.39 is 54.5 Å². The highest BCUT2D eigenvalue weighted by Gasteiger charge is 2.51. The average Bonchev–Trinajstić information content (AvgIpc) is 2.75. The first-order chi connectivity index (χ1) is 16.5. The van der Waals surface area contributed by atoms with Gasteiger partial charge in [0, 0.05) is 47.3 Å². The molecule has 200 valence electrons. The molecule has 0 aromatic heterocycles. The maximum atomic E-state index is 11.9. The molecule has 1 aliphatic rings. The summed E-state index contributed by atoms with van der Waals surface area (Å²) in [7, 11) is 0. The quantitative estimate of drug-likeness (QED) is 0.197. The van der Waals surface area contributed by atoms with Gasteiger partial charge < -0.3 is 34.3 Å². The number of ether oxygens (including phenoxy) is 5. The fourth-order valence-electron chi connectivity index (χ4n) is 3.51. The van der Waals surface area contributed by atoms with Crippen molar-refractivity contribution >= 4 is 29.7 Å². The lowest BCUT2D eigenvalue weighted by Crippen LogP contribution is -2.66. The minimum Gasteiger partial charge on any atom is -0.463 e. The SMILES string of the molecule is CCCCNC(=O)CCCCO[C@@H]1OC(COC(C)=O)[C@H](OC(C)=O)C(OC(C)=O)C1NC(C)=O. The summed E-state index contributed by atoms with van der Waals surface area (Å²) < 4.78 is 27.5. The van der Waals surface area contributed by atoms with Gasteiger partial charge in [0.1, 0.15) is 18.8 Å². The molecule has 5 atom stereocenters. The van der Waals surface area contributed by atoms with Crippen LogP contribution in [-0.4, -0.2) is 80.1 Å². The van der Waals surface area contributed by atoms with Crippen LogP contribution in [-0.2, 0) is 47.7 Å². The molecule has 0 aromatic carbocycles. The molecule has 1 rings (SSSR count). The molecule has 35 heavy (non-hydrogen) atoms. The third-order valence-corrected chi connectivity index (χ3v) is 5.00. The Hall–Kier alpha value is -2.73. The van der Waals surface area contributed by atoms with Crippen LogP contribution in [0.15, 0.2) is 0 Å². The largest absolute Gasteiger partial charge is 0.463 e. The number of carbonyl (C=O) groups excluding carboxylic acids is 5. The first kappa shape index (κ1) is 30.3. The Morgan fingerprint density at radius 2 is 1.51 bits per heavy atom. The summed E-state index contributed by atoms with van der Waals surface area (Å²) in [6.45, 7) is 7.39. The van der Waals surface area contributed by atoms with E-state index in [0.717, 1.165) is 12.8 Å². The second kappa shape index (κ2) is 16.0. The normalized spacial score (nSPS) is 23.6. The lowest BCUT2D eigenvalue weighted by Gasteiger charge is -2.44. The Balaban J connectivity index is 2.92. The summed E-state index contributed by atoms with van der Waals surface area (Å²) in [5.74, 6) is -2.43. The van der Waals surface area contributed by atoms with Crippen LogP contribution in [0.3, 0.4) is 0 Å². The third-order valence-electron chi connectivity index (χ3n) is 5.00. The number of carbonyl (C=O) groups is 5. The molecule has 1 aliphatic heterocycles. The predicted molar refractivity (Wildman–Crippen MR) is 122 cm³/mol. The Labute approximate surface area is 205 Å². The number of rotatable bonds is 14. The van der Waals surface area contributed by atoms with Gasteiger partial charge in [0.05, 0.1) is 0 Å². The highest BCUT2D eigenvalue weighted by atomic mass is 16.7. The topological polar surface area (TPSA) is 156 Å². The summed E-state index contributed by atoms with van der Waals surface area (Å²) in [6.07, 6.45) is -1.11. The van der Waals surface area contributed by atoms with Crippen LogP contribution >= 0.6 is 0 Å². The molecule has 0 spiro atoms. The van der Waals surface area contributed by atoms with Crippen LogP contribution in [0.1, 0.15) is 66.7 Å². The first-order valence-corrected chi connectivity index (χ1v) is 11.8. The molecule has 3 unspecified atom stereocenters. The Kier molecular flexibility index (Phi) is 13.9. The molecule has 12 heteroatoms. The number of hydrogen-bond donors (Lipinski definition) is 2. The number of esters is 3. The molecule has 0 saturated carbocycles. The summed E-state index contributed by atoms with van der Waals surface area (Å²) >= 11 is 0. The van der Waals surface area contributed by atoms with Gasteiger partial charge in [0.15, 0.2) is 18.5 Å². The van der Waals surface area contributed by atoms with E-state index in [-0.39, 0.29) is 19.1 Å². The number of nitrogens with one attached hydrogen (secondary N) is 2. The molecule has 1 heterocycles. The second-order valence-corrected chi connectivity index (χ2v) is 8.25. The van der Waals surface area contributed by atoms with E-state index in [1.807, 2.05) is 6.92 Å². The highest BCUT2D eigenvalue weighted by Crippen LogP contribution is 2.28. The van der Waals surface area contributed by atoms with Crippen LogP contribution < -0.4 is 10.6 Å². The molecule has 0 radical (unpaired) electrons. The van der Waals surface area contributed by atoms with Crippen molar-refractivity contribution in [3.05, 3.63) is 0 Å². The van der Waals surface area contributed by atoms with E-state index in [1.165, 1.54) is 27.7 Å². The van der Waals surface area contributed by atoms with Crippen LogP contribution in [0, 0.1) is 0 Å². The van der Waals surface area contributed by atoms with Gasteiger partial charge in [-0.1, -0.05) is 13.3 Å². The van der Waals surface area contributed by atoms with Crippen LogP contribution in [0.2, 0.25) is 0 Å². The third kappa shape index (κ3) is 12.0. The van der Waals surface area contributed by atoms with Crippen molar-refractivity contribution in [3.63, 3.8) is 0 Å². The zero-order chi connectivity index (χ0) is 26.4. The average molecular weight is 503 g/mol. The Morgan fingerprint density at radius 1 is 0.857 bits per heavy atom. The minimum atomic E-state index is -1.17. The summed E-state index contributed by atoms with van der Waals surface area (Å²) in [6, 6.07) is -1.01. The zero-order valence-corrected chi connectivity index (χ0v) is 21.1. The van der Waals surface area contributed by atoms with Gasteiger partial charge in [-0.25, -0.2) is 0 Å². The van der Waals surface area contributed by atoms with Crippen molar-refractivity contribution in [2.45, 2.75) is 97.4 Å². The molecule has 0 aromatic rings. The van der Waals surface area contributed by atoms with Gasteiger partial charge >= 0.3 is 17.9 Å². The van der Waals surface area contributed by atoms with E-state index in [9.17, 15) is 24.0 Å². The van der Waals surface area contributed by atoms with E-state index in [2.05, 4.69) is 10.6 Å². The Bertz CT molecular complexity index is 729. The summed E-state index contributed by atoms with van der Waals surface area (Å²) in [5, 5.41) is 5.48. The van der Waals surface area contributed by atoms with Gasteiger partial charge in [-0.05, 0) is 19.3 Å². The van der Waals surface area contributed by atoms with Gasteiger partial charge in [-0.3, -0.25) is 24.0 Å². The van der Waals surface area contributed by atoms with Crippen molar-refractivity contribution in [1.29, 1.82) is 0 Å². The fraction of sp³-hybridized carbons (Fsp3) is 0.783. The van der Waals surface area contributed by atoms with E-state index in [0.29, 0.717) is 25.8 Å². The van der Waals surface area contributed by atoms with Crippen molar-refractivity contribution in [1.82, 2.24) is 10.6 Å². The molecule has 2 N–H and O–H groups in total. The summed E-state index contributed by atoms with van der Waals surface area (Å²) in [5.41, 5.74) is 0. The fourth-order valence-corrected chi connectivity index (χ4v) is 3.51. The first-order valence-electron chi connectivity index (χ1n) is 11.8. The molecule has 12 nitrogen and oxygen atoms in total. The number of hydrogen-bond acceptors (Lipinski definition) is 10. The molecule has 1 saturated heterocycles. The lowest BCUT2D eigenvalue weighted by molar-refractivity contribution is -0.277.